The van der Waals surface area contributed by atoms with Crippen molar-refractivity contribution in [2.75, 3.05) is 0 Å². The minimum absolute atomic E-state index is 0.102. The van der Waals surface area contributed by atoms with Gasteiger partial charge in [-0.3, -0.25) is 25.2 Å². The van der Waals surface area contributed by atoms with Crippen molar-refractivity contribution in [3.8, 4) is 0 Å². The molecule has 148 valence electrons. The second-order valence-electron chi connectivity index (χ2n) is 5.82. The highest BCUT2D eigenvalue weighted by molar-refractivity contribution is 5.95. The second kappa shape index (κ2) is 9.03. The van der Waals surface area contributed by atoms with Crippen LogP contribution in [-0.2, 0) is 26.9 Å². The lowest BCUT2D eigenvalue weighted by molar-refractivity contribution is -0.154. The lowest BCUT2D eigenvalue weighted by Crippen LogP contribution is -2.46. The van der Waals surface area contributed by atoms with E-state index in [4.69, 9.17) is 4.74 Å². The van der Waals surface area contributed by atoms with Crippen molar-refractivity contribution >= 4 is 17.8 Å². The maximum absolute atomic E-state index is 12.7. The van der Waals surface area contributed by atoms with Gasteiger partial charge >= 0.3 is 12.1 Å². The molecule has 0 spiro atoms. The summed E-state index contributed by atoms with van der Waals surface area (Å²) in [6.45, 7) is 1.27. The molecule has 0 fully saturated rings. The van der Waals surface area contributed by atoms with Crippen LogP contribution in [0.5, 0.6) is 0 Å². The second-order valence-corrected chi connectivity index (χ2v) is 5.82. The van der Waals surface area contributed by atoms with Gasteiger partial charge in [-0.15, -0.1) is 0 Å². The SMILES string of the molecule is C[C@H](OC(=O)Cc1cccc(C(F)(F)F)c1)C(=O)NNC(=O)c1ccccc1. The van der Waals surface area contributed by atoms with E-state index in [-0.39, 0.29) is 5.56 Å². The quantitative estimate of drug-likeness (QED) is 0.603. The zero-order valence-electron chi connectivity index (χ0n) is 14.7. The summed E-state index contributed by atoms with van der Waals surface area (Å²) in [5, 5.41) is 0. The normalized spacial score (nSPS) is 12.0. The number of ether oxygens (including phenoxy) is 1. The zero-order valence-corrected chi connectivity index (χ0v) is 14.7. The molecule has 0 heterocycles. The van der Waals surface area contributed by atoms with E-state index in [0.29, 0.717) is 5.56 Å². The van der Waals surface area contributed by atoms with Gasteiger partial charge in [0.25, 0.3) is 11.8 Å². The highest BCUT2D eigenvalue weighted by Gasteiger charge is 2.30. The number of hydrogen-bond acceptors (Lipinski definition) is 4. The molecule has 2 aromatic rings. The third kappa shape index (κ3) is 6.11. The molecule has 0 aromatic heterocycles. The molecule has 0 bridgehead atoms. The van der Waals surface area contributed by atoms with E-state index in [1.807, 2.05) is 0 Å². The fourth-order valence-corrected chi connectivity index (χ4v) is 2.20. The van der Waals surface area contributed by atoms with Crippen LogP contribution in [0, 0.1) is 0 Å². The Morgan fingerprint density at radius 1 is 1.00 bits per heavy atom. The van der Waals surface area contributed by atoms with E-state index in [1.54, 1.807) is 30.3 Å². The monoisotopic (exact) mass is 394 g/mol. The Hall–Kier alpha value is -3.36. The molecule has 6 nitrogen and oxygen atoms in total. The van der Waals surface area contributed by atoms with Crippen molar-refractivity contribution < 1.29 is 32.3 Å². The minimum atomic E-state index is -4.52. The fraction of sp³-hybridized carbons (Fsp3) is 0.211. The minimum Gasteiger partial charge on any atom is -0.452 e. The first kappa shape index (κ1) is 20.9. The van der Waals surface area contributed by atoms with Crippen molar-refractivity contribution in [2.24, 2.45) is 0 Å². The van der Waals surface area contributed by atoms with Gasteiger partial charge in [-0.1, -0.05) is 36.4 Å². The summed E-state index contributed by atoms with van der Waals surface area (Å²) in [4.78, 5) is 35.6. The van der Waals surface area contributed by atoms with Crippen molar-refractivity contribution in [3.63, 3.8) is 0 Å². The van der Waals surface area contributed by atoms with Crippen LogP contribution in [0.2, 0.25) is 0 Å². The number of halogens is 3. The molecule has 28 heavy (non-hydrogen) atoms. The predicted octanol–water partition coefficient (Wildman–Crippen LogP) is 2.64. The van der Waals surface area contributed by atoms with E-state index in [0.717, 1.165) is 12.1 Å². The Balaban J connectivity index is 1.85. The Kier molecular flexibility index (Phi) is 6.75. The molecule has 0 aliphatic heterocycles. The molecule has 1 atom stereocenters. The lowest BCUT2D eigenvalue weighted by atomic mass is 10.1. The molecule has 0 saturated carbocycles. The summed E-state index contributed by atoms with van der Waals surface area (Å²) in [7, 11) is 0. The highest BCUT2D eigenvalue weighted by atomic mass is 19.4. The standard InChI is InChI=1S/C19H17F3N2O4/c1-12(17(26)23-24-18(27)14-7-3-2-4-8-14)28-16(25)11-13-6-5-9-15(10-13)19(20,21)22/h2-10,12H,11H2,1H3,(H,23,26)(H,24,27)/t12-/m0/s1. The number of carbonyl (C=O) groups excluding carboxylic acids is 3. The summed E-state index contributed by atoms with van der Waals surface area (Å²) in [5.41, 5.74) is 3.82. The van der Waals surface area contributed by atoms with Crippen LogP contribution in [0.3, 0.4) is 0 Å². The molecule has 2 amide bonds. The summed E-state index contributed by atoms with van der Waals surface area (Å²) in [6, 6.07) is 12.4. The smallest absolute Gasteiger partial charge is 0.416 e. The summed E-state index contributed by atoms with van der Waals surface area (Å²) < 4.78 is 43.0. The number of hydrogen-bond donors (Lipinski definition) is 2. The van der Waals surface area contributed by atoms with E-state index in [2.05, 4.69) is 10.9 Å². The number of alkyl halides is 3. The average molecular weight is 394 g/mol. The van der Waals surface area contributed by atoms with Gasteiger partial charge in [0.2, 0.25) is 0 Å². The predicted molar refractivity (Wildman–Crippen MR) is 92.8 cm³/mol. The summed E-state index contributed by atoms with van der Waals surface area (Å²) in [5.74, 6) is -2.23. The molecule has 0 radical (unpaired) electrons. The van der Waals surface area contributed by atoms with Crippen LogP contribution in [0.1, 0.15) is 28.4 Å². The molecule has 0 saturated heterocycles. The first-order valence-electron chi connectivity index (χ1n) is 8.17. The third-order valence-corrected chi connectivity index (χ3v) is 3.62. The van der Waals surface area contributed by atoms with E-state index >= 15 is 0 Å². The number of rotatable bonds is 5. The maximum atomic E-state index is 12.7. The molecule has 2 aromatic carbocycles. The van der Waals surface area contributed by atoms with Gasteiger partial charge in [-0.25, -0.2) is 0 Å². The number of nitrogens with one attached hydrogen (secondary N) is 2. The molecule has 2 rings (SSSR count). The van der Waals surface area contributed by atoms with Crippen LogP contribution in [0.4, 0.5) is 13.2 Å². The lowest BCUT2D eigenvalue weighted by Gasteiger charge is -2.14. The van der Waals surface area contributed by atoms with Crippen LogP contribution in [0.15, 0.2) is 54.6 Å². The fourth-order valence-electron chi connectivity index (χ4n) is 2.20. The van der Waals surface area contributed by atoms with Gasteiger partial charge in [-0.05, 0) is 30.7 Å². The molecule has 2 N–H and O–H groups in total. The zero-order chi connectivity index (χ0) is 20.7. The molecule has 0 aliphatic rings. The van der Waals surface area contributed by atoms with Crippen molar-refractivity contribution in [1.82, 2.24) is 10.9 Å². The first-order chi connectivity index (χ1) is 13.2. The number of hydrazine groups is 1. The number of amides is 2. The Labute approximate surface area is 158 Å². The van der Waals surface area contributed by atoms with Gasteiger partial charge in [0, 0.05) is 5.56 Å². The van der Waals surface area contributed by atoms with Gasteiger partial charge in [0.15, 0.2) is 6.10 Å². The molecular weight excluding hydrogens is 377 g/mol. The van der Waals surface area contributed by atoms with Crippen molar-refractivity contribution in [3.05, 3.63) is 71.3 Å². The van der Waals surface area contributed by atoms with E-state index in [1.165, 1.54) is 19.1 Å². The maximum Gasteiger partial charge on any atom is 0.416 e. The van der Waals surface area contributed by atoms with E-state index < -0.39 is 42.0 Å². The topological polar surface area (TPSA) is 84.5 Å². The number of benzene rings is 2. The first-order valence-corrected chi connectivity index (χ1v) is 8.17. The Morgan fingerprint density at radius 2 is 1.68 bits per heavy atom. The highest BCUT2D eigenvalue weighted by Crippen LogP contribution is 2.29. The van der Waals surface area contributed by atoms with Gasteiger partial charge < -0.3 is 4.74 Å². The summed E-state index contributed by atoms with van der Waals surface area (Å²) in [6.07, 6.45) is -6.21. The van der Waals surface area contributed by atoms with E-state index in [9.17, 15) is 27.6 Å². The molecular formula is C19H17F3N2O4. The van der Waals surface area contributed by atoms with Gasteiger partial charge in [0.05, 0.1) is 12.0 Å². The third-order valence-electron chi connectivity index (χ3n) is 3.62. The average Bonchev–Trinajstić information content (AvgIpc) is 2.65. The number of carbonyl (C=O) groups is 3. The number of esters is 1. The summed E-state index contributed by atoms with van der Waals surface area (Å²) >= 11 is 0. The van der Waals surface area contributed by atoms with Gasteiger partial charge in [-0.2, -0.15) is 13.2 Å². The van der Waals surface area contributed by atoms with Crippen molar-refractivity contribution in [1.29, 1.82) is 0 Å². The molecule has 0 unspecified atom stereocenters. The van der Waals surface area contributed by atoms with Crippen LogP contribution in [-0.4, -0.2) is 23.9 Å². The molecule has 9 heteroatoms. The van der Waals surface area contributed by atoms with Crippen LogP contribution in [0.25, 0.3) is 0 Å². The largest absolute Gasteiger partial charge is 0.452 e. The Morgan fingerprint density at radius 3 is 2.32 bits per heavy atom. The van der Waals surface area contributed by atoms with Crippen LogP contribution < -0.4 is 10.9 Å². The van der Waals surface area contributed by atoms with Gasteiger partial charge in [0.1, 0.15) is 0 Å². The van der Waals surface area contributed by atoms with Crippen LogP contribution >= 0.6 is 0 Å². The Bertz CT molecular complexity index is 854. The molecule has 0 aliphatic carbocycles. The van der Waals surface area contributed by atoms with Crippen molar-refractivity contribution in [2.45, 2.75) is 25.6 Å².